The highest BCUT2D eigenvalue weighted by molar-refractivity contribution is 7.09. The first-order chi connectivity index (χ1) is 9.67. The van der Waals surface area contributed by atoms with Crippen LogP contribution in [0.15, 0.2) is 6.20 Å². The van der Waals surface area contributed by atoms with Crippen molar-refractivity contribution in [3.05, 3.63) is 11.8 Å². The zero-order valence-corrected chi connectivity index (χ0v) is 11.9. The lowest BCUT2D eigenvalue weighted by atomic mass is 10.2. The summed E-state index contributed by atoms with van der Waals surface area (Å²) in [6.45, 7) is 1.14. The van der Waals surface area contributed by atoms with Crippen LogP contribution in [0.5, 0.6) is 5.88 Å². The molecular weight excluding hydrogens is 285 g/mol. The fourth-order valence-electron chi connectivity index (χ4n) is 2.00. The summed E-state index contributed by atoms with van der Waals surface area (Å²) in [4.78, 5) is 27.9. The van der Waals surface area contributed by atoms with Gasteiger partial charge in [-0.2, -0.15) is 5.10 Å². The van der Waals surface area contributed by atoms with Gasteiger partial charge in [0.05, 0.1) is 19.3 Å². The zero-order valence-electron chi connectivity index (χ0n) is 10.8. The number of nitrogens with zero attached hydrogens (tertiary/aromatic N) is 3. The number of aromatic hydroxyl groups is 1. The minimum atomic E-state index is -0.728. The Morgan fingerprint density at radius 1 is 1.65 bits per heavy atom. The van der Waals surface area contributed by atoms with Crippen LogP contribution >= 0.6 is 9.47 Å². The van der Waals surface area contributed by atoms with Gasteiger partial charge in [0.25, 0.3) is 0 Å². The van der Waals surface area contributed by atoms with Crippen molar-refractivity contribution < 1.29 is 24.1 Å². The fraction of sp³-hybridized carbons (Fsp3) is 0.545. The van der Waals surface area contributed by atoms with Gasteiger partial charge >= 0.3 is 5.97 Å². The van der Waals surface area contributed by atoms with Crippen molar-refractivity contribution in [1.82, 2.24) is 14.8 Å². The first-order valence-corrected chi connectivity index (χ1v) is 6.65. The van der Waals surface area contributed by atoms with E-state index in [2.05, 4.69) is 14.6 Å². The second-order valence-corrected chi connectivity index (χ2v) is 4.67. The van der Waals surface area contributed by atoms with Crippen LogP contribution in [0.1, 0.15) is 23.2 Å². The highest BCUT2D eigenvalue weighted by Gasteiger charge is 2.29. The molecule has 0 saturated carbocycles. The number of carbonyl (C=O) groups is 2. The quantitative estimate of drug-likeness (QED) is 0.589. The van der Waals surface area contributed by atoms with Crippen LogP contribution in [-0.4, -0.2) is 51.4 Å². The summed E-state index contributed by atoms with van der Waals surface area (Å²) in [5.41, 5.74) is -0.0368. The van der Waals surface area contributed by atoms with Crippen molar-refractivity contribution in [3.63, 3.8) is 0 Å². The standard InChI is InChI=1S/C11H16N3O5P/c15-7-8-2-1-3-14(8)19-11(17)9-6-12-13(10(9)16)4-5-18-20/h6-8,16H,1-5,20H2/t8-/m0/s1. The molecule has 2 rings (SSSR count). The van der Waals surface area contributed by atoms with E-state index >= 15 is 0 Å². The summed E-state index contributed by atoms with van der Waals surface area (Å²) in [5, 5.41) is 15.1. The SMILES string of the molecule is O=C[C@@H]1CCCN1OC(=O)c1cnn(CCOP)c1O. The van der Waals surface area contributed by atoms with Crippen molar-refractivity contribution in [2.45, 2.75) is 25.4 Å². The van der Waals surface area contributed by atoms with Gasteiger partial charge in [0.2, 0.25) is 5.88 Å². The highest BCUT2D eigenvalue weighted by Crippen LogP contribution is 2.21. The normalized spacial score (nSPS) is 19.1. The van der Waals surface area contributed by atoms with E-state index < -0.39 is 12.0 Å². The van der Waals surface area contributed by atoms with E-state index in [0.29, 0.717) is 26.1 Å². The number of hydrogen-bond donors (Lipinski definition) is 1. The lowest BCUT2D eigenvalue weighted by molar-refractivity contribution is -0.137. The van der Waals surface area contributed by atoms with Crippen molar-refractivity contribution in [2.24, 2.45) is 0 Å². The number of aromatic nitrogens is 2. The van der Waals surface area contributed by atoms with E-state index in [1.165, 1.54) is 15.9 Å². The van der Waals surface area contributed by atoms with Crippen LogP contribution in [-0.2, 0) is 20.7 Å². The van der Waals surface area contributed by atoms with Gasteiger partial charge in [-0.1, -0.05) is 0 Å². The molecule has 2 atom stereocenters. The second kappa shape index (κ2) is 6.78. The summed E-state index contributed by atoms with van der Waals surface area (Å²) >= 11 is 0. The molecule has 2 heterocycles. The van der Waals surface area contributed by atoms with E-state index in [9.17, 15) is 14.7 Å². The van der Waals surface area contributed by atoms with E-state index in [4.69, 9.17) is 9.36 Å². The highest BCUT2D eigenvalue weighted by atomic mass is 31.0. The van der Waals surface area contributed by atoms with Crippen molar-refractivity contribution in [2.75, 3.05) is 13.2 Å². The molecular formula is C11H16N3O5P. The maximum absolute atomic E-state index is 11.9. The van der Waals surface area contributed by atoms with Crippen LogP contribution in [0.25, 0.3) is 0 Å². The monoisotopic (exact) mass is 301 g/mol. The van der Waals surface area contributed by atoms with Crippen LogP contribution in [0.4, 0.5) is 0 Å². The Bertz CT molecular complexity index is 492. The molecule has 0 bridgehead atoms. The largest absolute Gasteiger partial charge is 0.493 e. The van der Waals surface area contributed by atoms with Gasteiger partial charge < -0.3 is 19.3 Å². The fourth-order valence-corrected chi connectivity index (χ4v) is 2.10. The summed E-state index contributed by atoms with van der Waals surface area (Å²) in [6.07, 6.45) is 3.42. The van der Waals surface area contributed by atoms with Crippen molar-refractivity contribution in [3.8, 4) is 5.88 Å². The molecule has 1 fully saturated rings. The summed E-state index contributed by atoms with van der Waals surface area (Å²) in [5.74, 6) is -1.01. The number of carbonyl (C=O) groups excluding carboxylic acids is 2. The van der Waals surface area contributed by atoms with Gasteiger partial charge in [-0.15, -0.1) is 5.06 Å². The number of aldehydes is 1. The average molecular weight is 301 g/mol. The first kappa shape index (κ1) is 14.9. The Morgan fingerprint density at radius 2 is 2.45 bits per heavy atom. The third-order valence-corrected chi connectivity index (χ3v) is 3.29. The van der Waals surface area contributed by atoms with Crippen LogP contribution in [0.2, 0.25) is 0 Å². The molecule has 1 aromatic heterocycles. The molecule has 1 N–H and O–H groups in total. The zero-order chi connectivity index (χ0) is 14.5. The summed E-state index contributed by atoms with van der Waals surface area (Å²) in [6, 6.07) is -0.415. The molecule has 20 heavy (non-hydrogen) atoms. The summed E-state index contributed by atoms with van der Waals surface area (Å²) < 4.78 is 6.03. The van der Waals surface area contributed by atoms with E-state index in [0.717, 1.165) is 12.7 Å². The third kappa shape index (κ3) is 3.15. The second-order valence-electron chi connectivity index (χ2n) is 4.34. The summed E-state index contributed by atoms with van der Waals surface area (Å²) in [7, 11) is 2.09. The molecule has 110 valence electrons. The van der Waals surface area contributed by atoms with Gasteiger partial charge in [0.1, 0.15) is 17.9 Å². The average Bonchev–Trinajstić information content (AvgIpc) is 3.03. The van der Waals surface area contributed by atoms with Crippen LogP contribution < -0.4 is 0 Å². The Labute approximate surface area is 117 Å². The third-order valence-electron chi connectivity index (χ3n) is 3.06. The Balaban J connectivity index is 2.02. The molecule has 0 radical (unpaired) electrons. The predicted octanol–water partition coefficient (Wildman–Crippen LogP) is 0.130. The van der Waals surface area contributed by atoms with Crippen molar-refractivity contribution in [1.29, 1.82) is 0 Å². The molecule has 0 amide bonds. The lowest BCUT2D eigenvalue weighted by Crippen LogP contribution is -2.33. The molecule has 0 aromatic carbocycles. The minimum Gasteiger partial charge on any atom is -0.493 e. The number of hydroxylamine groups is 2. The molecule has 0 spiro atoms. The number of rotatable bonds is 6. The van der Waals surface area contributed by atoms with Gasteiger partial charge in [0.15, 0.2) is 0 Å². The molecule has 0 aliphatic carbocycles. The van der Waals surface area contributed by atoms with E-state index in [-0.39, 0.29) is 11.4 Å². The molecule has 1 unspecified atom stereocenters. The molecule has 8 nitrogen and oxygen atoms in total. The maximum Gasteiger partial charge on any atom is 0.364 e. The number of hydrogen-bond acceptors (Lipinski definition) is 7. The van der Waals surface area contributed by atoms with Crippen LogP contribution in [0, 0.1) is 0 Å². The Hall–Kier alpha value is -1.50. The Kier molecular flexibility index (Phi) is 5.05. The molecule has 1 aliphatic rings. The molecule has 1 aliphatic heterocycles. The van der Waals surface area contributed by atoms with E-state index in [1.54, 1.807) is 0 Å². The maximum atomic E-state index is 11.9. The molecule has 1 saturated heterocycles. The minimum absolute atomic E-state index is 0.0368. The van der Waals surface area contributed by atoms with Gasteiger partial charge in [-0.25, -0.2) is 9.48 Å². The van der Waals surface area contributed by atoms with Crippen molar-refractivity contribution >= 4 is 21.7 Å². The smallest absolute Gasteiger partial charge is 0.364 e. The predicted molar refractivity (Wildman–Crippen MR) is 70.8 cm³/mol. The van der Waals surface area contributed by atoms with Gasteiger partial charge in [-0.05, 0) is 12.8 Å². The molecule has 9 heteroatoms. The Morgan fingerprint density at radius 3 is 3.15 bits per heavy atom. The molecule has 1 aromatic rings. The first-order valence-electron chi connectivity index (χ1n) is 6.18. The van der Waals surface area contributed by atoms with Crippen LogP contribution in [0.3, 0.4) is 0 Å². The van der Waals surface area contributed by atoms with Gasteiger partial charge in [-0.3, -0.25) is 0 Å². The van der Waals surface area contributed by atoms with Gasteiger partial charge in [0, 0.05) is 16.0 Å². The topological polar surface area (TPSA) is 93.9 Å². The lowest BCUT2D eigenvalue weighted by Gasteiger charge is -2.18. The van der Waals surface area contributed by atoms with E-state index in [1.807, 2.05) is 0 Å².